The van der Waals surface area contributed by atoms with Crippen molar-refractivity contribution < 1.29 is 14.3 Å². The summed E-state index contributed by atoms with van der Waals surface area (Å²) in [5.41, 5.74) is 1.32. The fourth-order valence-electron chi connectivity index (χ4n) is 1.85. The van der Waals surface area contributed by atoms with E-state index in [0.29, 0.717) is 12.3 Å². The van der Waals surface area contributed by atoms with E-state index in [-0.39, 0.29) is 11.6 Å². The molecule has 0 bridgehead atoms. The monoisotopic (exact) mass is 323 g/mol. The van der Waals surface area contributed by atoms with Gasteiger partial charge in [0.05, 0.1) is 12.8 Å². The minimum Gasteiger partial charge on any atom is -0.478 e. The summed E-state index contributed by atoms with van der Waals surface area (Å²) in [4.78, 5) is 11.0. The molecule has 0 fully saturated rings. The predicted molar refractivity (Wildman–Crippen MR) is 75.1 cm³/mol. The van der Waals surface area contributed by atoms with Crippen LogP contribution in [0, 0.1) is 0 Å². The van der Waals surface area contributed by atoms with Gasteiger partial charge in [-0.25, -0.2) is 4.79 Å². The number of aromatic carboxylic acids is 1. The summed E-state index contributed by atoms with van der Waals surface area (Å²) in [6, 6.07) is 9.46. The Labute approximate surface area is 119 Å². The van der Waals surface area contributed by atoms with Crippen molar-refractivity contribution in [2.75, 3.05) is 0 Å². The molecule has 0 radical (unpaired) electrons. The quantitative estimate of drug-likeness (QED) is 0.882. The second-order valence-corrected chi connectivity index (χ2v) is 5.04. The maximum Gasteiger partial charge on any atom is 0.339 e. The lowest BCUT2D eigenvalue weighted by atomic mass is 10.1. The fourth-order valence-corrected chi connectivity index (χ4v) is 2.48. The van der Waals surface area contributed by atoms with E-state index >= 15 is 0 Å². The average Bonchev–Trinajstić information content (AvgIpc) is 2.85. The lowest BCUT2D eigenvalue weighted by molar-refractivity contribution is 0.0694. The summed E-state index contributed by atoms with van der Waals surface area (Å²) in [7, 11) is 0. The Hall–Kier alpha value is -1.59. The van der Waals surface area contributed by atoms with Crippen LogP contribution in [0.1, 0.15) is 34.6 Å². The van der Waals surface area contributed by atoms with Crippen molar-refractivity contribution in [3.63, 3.8) is 0 Å². The summed E-state index contributed by atoms with van der Waals surface area (Å²) in [5.74, 6) is -0.537. The van der Waals surface area contributed by atoms with Crippen molar-refractivity contribution in [1.29, 1.82) is 0 Å². The van der Waals surface area contributed by atoms with Crippen LogP contribution >= 0.6 is 15.9 Å². The number of hydrogen-bond donors (Lipinski definition) is 2. The van der Waals surface area contributed by atoms with Gasteiger partial charge in [0, 0.05) is 10.5 Å². The molecule has 0 aliphatic heterocycles. The second kappa shape index (κ2) is 6.04. The minimum atomic E-state index is -0.973. The molecule has 0 aliphatic rings. The number of carboxylic acid groups (broad SMARTS) is 1. The molecule has 0 saturated carbocycles. The zero-order chi connectivity index (χ0) is 13.8. The number of carboxylic acids is 1. The van der Waals surface area contributed by atoms with Crippen molar-refractivity contribution in [3.8, 4) is 0 Å². The normalized spacial score (nSPS) is 12.3. The highest BCUT2D eigenvalue weighted by Crippen LogP contribution is 2.23. The number of furan rings is 1. The first-order valence-electron chi connectivity index (χ1n) is 5.87. The number of nitrogens with one attached hydrogen (secondary N) is 1. The van der Waals surface area contributed by atoms with Crippen LogP contribution < -0.4 is 5.32 Å². The van der Waals surface area contributed by atoms with E-state index in [2.05, 4.69) is 21.2 Å². The average molecular weight is 324 g/mol. The van der Waals surface area contributed by atoms with Gasteiger partial charge in [-0.15, -0.1) is 0 Å². The SMILES string of the molecule is C[C@@H](NCc1occc1C(=O)O)c1ccccc1Br. The number of benzene rings is 1. The third kappa shape index (κ3) is 3.24. The Morgan fingerprint density at radius 1 is 1.42 bits per heavy atom. The fraction of sp³-hybridized carbons (Fsp3) is 0.214. The highest BCUT2D eigenvalue weighted by Gasteiger charge is 2.15. The highest BCUT2D eigenvalue weighted by molar-refractivity contribution is 9.10. The molecular formula is C14H14BrNO3. The summed E-state index contributed by atoms with van der Waals surface area (Å²) in [5, 5.41) is 12.2. The molecule has 100 valence electrons. The van der Waals surface area contributed by atoms with Gasteiger partial charge in [-0.3, -0.25) is 0 Å². The van der Waals surface area contributed by atoms with Crippen LogP contribution in [-0.2, 0) is 6.54 Å². The molecule has 1 aromatic heterocycles. The van der Waals surface area contributed by atoms with Gasteiger partial charge in [0.2, 0.25) is 0 Å². The largest absolute Gasteiger partial charge is 0.478 e. The number of rotatable bonds is 5. The molecule has 4 nitrogen and oxygen atoms in total. The highest BCUT2D eigenvalue weighted by atomic mass is 79.9. The van der Waals surface area contributed by atoms with Gasteiger partial charge < -0.3 is 14.8 Å². The first kappa shape index (κ1) is 13.8. The molecule has 1 heterocycles. The van der Waals surface area contributed by atoms with Crippen LogP contribution in [-0.4, -0.2) is 11.1 Å². The van der Waals surface area contributed by atoms with Crippen molar-refractivity contribution in [2.45, 2.75) is 19.5 Å². The zero-order valence-electron chi connectivity index (χ0n) is 10.4. The Morgan fingerprint density at radius 2 is 2.16 bits per heavy atom. The zero-order valence-corrected chi connectivity index (χ0v) is 12.0. The second-order valence-electron chi connectivity index (χ2n) is 4.19. The standard InChI is InChI=1S/C14H14BrNO3/c1-9(10-4-2-3-5-12(10)15)16-8-13-11(14(17)18)6-7-19-13/h2-7,9,16H,8H2,1H3,(H,17,18)/t9-/m1/s1. The van der Waals surface area contributed by atoms with Gasteiger partial charge in [0.25, 0.3) is 0 Å². The van der Waals surface area contributed by atoms with Crippen LogP contribution in [0.15, 0.2) is 45.5 Å². The van der Waals surface area contributed by atoms with Crippen molar-refractivity contribution >= 4 is 21.9 Å². The van der Waals surface area contributed by atoms with Gasteiger partial charge in [-0.2, -0.15) is 0 Å². The minimum absolute atomic E-state index is 0.0855. The molecule has 2 N–H and O–H groups in total. The molecule has 1 aromatic carbocycles. The van der Waals surface area contributed by atoms with E-state index in [1.807, 2.05) is 31.2 Å². The Kier molecular flexibility index (Phi) is 4.39. The summed E-state index contributed by atoms with van der Waals surface area (Å²) in [6.45, 7) is 2.39. The molecule has 1 atom stereocenters. The van der Waals surface area contributed by atoms with E-state index in [9.17, 15) is 4.79 Å². The van der Waals surface area contributed by atoms with E-state index in [1.54, 1.807) is 0 Å². The molecule has 0 spiro atoms. The van der Waals surface area contributed by atoms with Crippen molar-refractivity contribution in [3.05, 3.63) is 58.0 Å². The third-order valence-electron chi connectivity index (χ3n) is 2.92. The van der Waals surface area contributed by atoms with E-state index in [4.69, 9.17) is 9.52 Å². The summed E-state index contributed by atoms with van der Waals surface area (Å²) < 4.78 is 6.21. The first-order chi connectivity index (χ1) is 9.09. The smallest absolute Gasteiger partial charge is 0.339 e. The molecule has 0 saturated heterocycles. The predicted octanol–water partition coefficient (Wildman–Crippen LogP) is 3.59. The molecule has 0 amide bonds. The van der Waals surface area contributed by atoms with E-state index < -0.39 is 5.97 Å². The van der Waals surface area contributed by atoms with Crippen LogP contribution in [0.25, 0.3) is 0 Å². The number of carbonyl (C=O) groups is 1. The van der Waals surface area contributed by atoms with Gasteiger partial charge in [-0.1, -0.05) is 34.1 Å². The molecule has 19 heavy (non-hydrogen) atoms. The lowest BCUT2D eigenvalue weighted by Gasteiger charge is -2.15. The van der Waals surface area contributed by atoms with Gasteiger partial charge in [0.15, 0.2) is 0 Å². The molecule has 0 unspecified atom stereocenters. The summed E-state index contributed by atoms with van der Waals surface area (Å²) >= 11 is 3.50. The lowest BCUT2D eigenvalue weighted by Crippen LogP contribution is -2.19. The van der Waals surface area contributed by atoms with Gasteiger partial charge in [0.1, 0.15) is 11.3 Å². The Bertz CT molecular complexity index is 580. The van der Waals surface area contributed by atoms with Crippen LogP contribution in [0.5, 0.6) is 0 Å². The van der Waals surface area contributed by atoms with Gasteiger partial charge in [-0.05, 0) is 24.6 Å². The Morgan fingerprint density at radius 3 is 2.84 bits per heavy atom. The maximum absolute atomic E-state index is 11.0. The van der Waals surface area contributed by atoms with Gasteiger partial charge >= 0.3 is 5.97 Å². The molecule has 2 aromatic rings. The molecule has 2 rings (SSSR count). The number of hydrogen-bond acceptors (Lipinski definition) is 3. The van der Waals surface area contributed by atoms with E-state index in [1.165, 1.54) is 12.3 Å². The van der Waals surface area contributed by atoms with Crippen LogP contribution in [0.2, 0.25) is 0 Å². The molecular weight excluding hydrogens is 310 g/mol. The molecule has 5 heteroatoms. The topological polar surface area (TPSA) is 62.5 Å². The molecule has 0 aliphatic carbocycles. The summed E-state index contributed by atoms with van der Waals surface area (Å²) in [6.07, 6.45) is 1.39. The Balaban J connectivity index is 2.05. The number of halogens is 1. The van der Waals surface area contributed by atoms with Crippen LogP contribution in [0.3, 0.4) is 0 Å². The van der Waals surface area contributed by atoms with Crippen molar-refractivity contribution in [2.24, 2.45) is 0 Å². The van der Waals surface area contributed by atoms with E-state index in [0.717, 1.165) is 10.0 Å². The third-order valence-corrected chi connectivity index (χ3v) is 3.64. The van der Waals surface area contributed by atoms with Crippen LogP contribution in [0.4, 0.5) is 0 Å². The maximum atomic E-state index is 11.0. The van der Waals surface area contributed by atoms with Crippen molar-refractivity contribution in [1.82, 2.24) is 5.32 Å². The first-order valence-corrected chi connectivity index (χ1v) is 6.66.